The lowest BCUT2D eigenvalue weighted by molar-refractivity contribution is -0.145. The minimum atomic E-state index is -0.250. The van der Waals surface area contributed by atoms with Gasteiger partial charge in [-0.1, -0.05) is 24.3 Å². The number of hydrogen-bond acceptors (Lipinski definition) is 5. The Morgan fingerprint density at radius 1 is 1.35 bits per heavy atom. The summed E-state index contributed by atoms with van der Waals surface area (Å²) in [6.45, 7) is 5.98. The highest BCUT2D eigenvalue weighted by Gasteiger charge is 2.29. The number of nitrogens with one attached hydrogen (secondary N) is 1. The van der Waals surface area contributed by atoms with Gasteiger partial charge < -0.3 is 9.64 Å². The smallest absolute Gasteiger partial charge is 0.223 e. The van der Waals surface area contributed by atoms with Crippen LogP contribution in [0.15, 0.2) is 24.3 Å². The summed E-state index contributed by atoms with van der Waals surface area (Å²) in [5.41, 5.74) is 1.78. The lowest BCUT2D eigenvalue weighted by Crippen LogP contribution is -2.50. The molecule has 3 rings (SSSR count). The van der Waals surface area contributed by atoms with Crippen LogP contribution in [0.2, 0.25) is 0 Å². The van der Waals surface area contributed by atoms with Gasteiger partial charge >= 0.3 is 0 Å². The van der Waals surface area contributed by atoms with Crippen molar-refractivity contribution in [3.05, 3.63) is 29.8 Å². The first-order valence-electron chi connectivity index (χ1n) is 7.78. The minimum Gasteiger partial charge on any atom is -0.372 e. The van der Waals surface area contributed by atoms with Gasteiger partial charge in [0, 0.05) is 25.1 Å². The maximum absolute atomic E-state index is 12.4. The first kappa shape index (κ1) is 15.6. The molecular formula is C16H21N5O2. The van der Waals surface area contributed by atoms with Crippen molar-refractivity contribution in [3.63, 3.8) is 0 Å². The van der Waals surface area contributed by atoms with E-state index in [1.807, 2.05) is 43.0 Å². The van der Waals surface area contributed by atoms with Crippen LogP contribution in [-0.4, -0.2) is 56.7 Å². The normalized spacial score (nSPS) is 17.2. The molecule has 7 nitrogen and oxygen atoms in total. The topological polar surface area (TPSA) is 84.0 Å². The number of hydrogen-bond donors (Lipinski definition) is 1. The van der Waals surface area contributed by atoms with Gasteiger partial charge in [-0.2, -0.15) is 5.21 Å². The van der Waals surface area contributed by atoms with Crippen LogP contribution in [0.1, 0.15) is 25.8 Å². The zero-order valence-corrected chi connectivity index (χ0v) is 13.5. The average molecular weight is 315 g/mol. The fourth-order valence-corrected chi connectivity index (χ4v) is 2.74. The highest BCUT2D eigenvalue weighted by molar-refractivity contribution is 5.76. The second-order valence-electron chi connectivity index (χ2n) is 6.36. The van der Waals surface area contributed by atoms with Crippen molar-refractivity contribution >= 4 is 5.91 Å². The fourth-order valence-electron chi connectivity index (χ4n) is 2.74. The molecule has 1 fully saturated rings. The number of tetrazole rings is 1. The molecule has 1 aromatic heterocycles. The van der Waals surface area contributed by atoms with E-state index < -0.39 is 0 Å². The van der Waals surface area contributed by atoms with Gasteiger partial charge in [-0.05, 0) is 31.0 Å². The summed E-state index contributed by atoms with van der Waals surface area (Å²) in [5, 5.41) is 13.9. The highest BCUT2D eigenvalue weighted by Crippen LogP contribution is 2.18. The summed E-state index contributed by atoms with van der Waals surface area (Å²) in [4.78, 5) is 14.3. The van der Waals surface area contributed by atoms with Crippen LogP contribution in [0.25, 0.3) is 11.4 Å². The molecule has 1 aromatic carbocycles. The van der Waals surface area contributed by atoms with Crippen molar-refractivity contribution in [2.24, 2.45) is 0 Å². The third-order valence-electron chi connectivity index (χ3n) is 3.96. The second-order valence-corrected chi connectivity index (χ2v) is 6.36. The highest BCUT2D eigenvalue weighted by atomic mass is 16.5. The van der Waals surface area contributed by atoms with E-state index in [9.17, 15) is 4.79 Å². The van der Waals surface area contributed by atoms with Gasteiger partial charge in [0.15, 0.2) is 0 Å². The maximum atomic E-state index is 12.4. The molecule has 2 aromatic rings. The Labute approximate surface area is 135 Å². The Hall–Kier alpha value is -2.28. The van der Waals surface area contributed by atoms with Crippen LogP contribution in [0.4, 0.5) is 0 Å². The Kier molecular flexibility index (Phi) is 4.38. The number of aromatic nitrogens is 4. The molecule has 7 heteroatoms. The predicted molar refractivity (Wildman–Crippen MR) is 84.5 cm³/mol. The second kappa shape index (κ2) is 6.45. The molecule has 0 saturated carbocycles. The Morgan fingerprint density at radius 3 is 2.78 bits per heavy atom. The van der Waals surface area contributed by atoms with E-state index in [4.69, 9.17) is 4.74 Å². The first-order valence-corrected chi connectivity index (χ1v) is 7.78. The molecule has 1 aliphatic heterocycles. The van der Waals surface area contributed by atoms with Crippen LogP contribution in [-0.2, 0) is 16.0 Å². The number of nitrogens with zero attached hydrogens (tertiary/aromatic N) is 4. The van der Waals surface area contributed by atoms with Crippen LogP contribution < -0.4 is 0 Å². The molecule has 0 bridgehead atoms. The number of morpholine rings is 1. The number of aromatic amines is 1. The van der Waals surface area contributed by atoms with Gasteiger partial charge in [-0.15, -0.1) is 10.2 Å². The van der Waals surface area contributed by atoms with E-state index in [-0.39, 0.29) is 11.5 Å². The summed E-state index contributed by atoms with van der Waals surface area (Å²) in [6, 6.07) is 7.90. The minimum absolute atomic E-state index is 0.184. The Balaban J connectivity index is 1.55. The van der Waals surface area contributed by atoms with Crippen LogP contribution in [0.3, 0.4) is 0 Å². The Morgan fingerprint density at radius 2 is 2.13 bits per heavy atom. The van der Waals surface area contributed by atoms with Crippen molar-refractivity contribution in [3.8, 4) is 11.4 Å². The molecular weight excluding hydrogens is 294 g/mol. The molecule has 1 N–H and O–H groups in total. The van der Waals surface area contributed by atoms with E-state index >= 15 is 0 Å². The molecule has 0 radical (unpaired) electrons. The molecule has 23 heavy (non-hydrogen) atoms. The van der Waals surface area contributed by atoms with E-state index in [1.54, 1.807) is 0 Å². The van der Waals surface area contributed by atoms with Gasteiger partial charge in [0.2, 0.25) is 11.7 Å². The monoisotopic (exact) mass is 315 g/mol. The molecule has 2 heterocycles. The van der Waals surface area contributed by atoms with E-state index in [1.165, 1.54) is 0 Å². The largest absolute Gasteiger partial charge is 0.372 e. The van der Waals surface area contributed by atoms with Crippen LogP contribution >= 0.6 is 0 Å². The SMILES string of the molecule is CC1(C)CN(C(=O)CCc2ccc(-c3nn[nH]n3)cc2)CCO1. The average Bonchev–Trinajstić information content (AvgIpc) is 3.06. The zero-order chi connectivity index (χ0) is 16.3. The summed E-state index contributed by atoms with van der Waals surface area (Å²) >= 11 is 0. The molecule has 0 atom stereocenters. The lowest BCUT2D eigenvalue weighted by Gasteiger charge is -2.38. The van der Waals surface area contributed by atoms with Crippen LogP contribution in [0, 0.1) is 0 Å². The van der Waals surface area contributed by atoms with E-state index in [0.717, 1.165) is 17.5 Å². The number of ether oxygens (including phenoxy) is 1. The number of carbonyl (C=O) groups excluding carboxylic acids is 1. The first-order chi connectivity index (χ1) is 11.0. The standard InChI is InChI=1S/C16H21N5O2/c1-16(2)11-21(9-10-23-16)14(22)8-5-12-3-6-13(7-4-12)15-17-19-20-18-15/h3-4,6-7H,5,8-11H2,1-2H3,(H,17,18,19,20). The van der Waals surface area contributed by atoms with Gasteiger partial charge in [-0.3, -0.25) is 4.79 Å². The fraction of sp³-hybridized carbons (Fsp3) is 0.500. The molecule has 0 spiro atoms. The van der Waals surface area contributed by atoms with Gasteiger partial charge in [0.1, 0.15) is 0 Å². The summed E-state index contributed by atoms with van der Waals surface area (Å²) in [5.74, 6) is 0.756. The summed E-state index contributed by atoms with van der Waals surface area (Å²) in [6.07, 6.45) is 1.24. The third kappa shape index (κ3) is 3.92. The number of benzene rings is 1. The van der Waals surface area contributed by atoms with Crippen molar-refractivity contribution < 1.29 is 9.53 Å². The number of amides is 1. The number of rotatable bonds is 4. The quantitative estimate of drug-likeness (QED) is 0.923. The molecule has 1 amide bonds. The van der Waals surface area contributed by atoms with Crippen molar-refractivity contribution in [2.45, 2.75) is 32.3 Å². The van der Waals surface area contributed by atoms with Crippen LogP contribution in [0.5, 0.6) is 0 Å². The summed E-state index contributed by atoms with van der Waals surface area (Å²) < 4.78 is 5.64. The number of carbonyl (C=O) groups is 1. The number of H-pyrrole nitrogens is 1. The van der Waals surface area contributed by atoms with E-state index in [0.29, 0.717) is 31.9 Å². The lowest BCUT2D eigenvalue weighted by atomic mass is 10.0. The number of aryl methyl sites for hydroxylation is 1. The van der Waals surface area contributed by atoms with Gasteiger partial charge in [0.05, 0.1) is 12.2 Å². The molecule has 0 aliphatic carbocycles. The van der Waals surface area contributed by atoms with Crippen molar-refractivity contribution in [2.75, 3.05) is 19.7 Å². The molecule has 122 valence electrons. The van der Waals surface area contributed by atoms with Crippen molar-refractivity contribution in [1.82, 2.24) is 25.5 Å². The third-order valence-corrected chi connectivity index (χ3v) is 3.96. The molecule has 1 aliphatic rings. The predicted octanol–water partition coefficient (Wildman–Crippen LogP) is 1.44. The Bertz CT molecular complexity index is 652. The maximum Gasteiger partial charge on any atom is 0.223 e. The van der Waals surface area contributed by atoms with Gasteiger partial charge in [0.25, 0.3) is 0 Å². The van der Waals surface area contributed by atoms with E-state index in [2.05, 4.69) is 20.6 Å². The zero-order valence-electron chi connectivity index (χ0n) is 13.5. The molecule has 0 unspecified atom stereocenters. The van der Waals surface area contributed by atoms with Gasteiger partial charge in [-0.25, -0.2) is 0 Å². The summed E-state index contributed by atoms with van der Waals surface area (Å²) in [7, 11) is 0. The molecule has 1 saturated heterocycles. The van der Waals surface area contributed by atoms with Crippen molar-refractivity contribution in [1.29, 1.82) is 0 Å².